The summed E-state index contributed by atoms with van der Waals surface area (Å²) in [6, 6.07) is 17.2. The molecule has 4 rings (SSSR count). The highest BCUT2D eigenvalue weighted by Gasteiger charge is 2.21. The van der Waals surface area contributed by atoms with E-state index in [1.807, 2.05) is 54.6 Å². The molecule has 1 saturated heterocycles. The van der Waals surface area contributed by atoms with Gasteiger partial charge in [-0.2, -0.15) is 0 Å². The van der Waals surface area contributed by atoms with Gasteiger partial charge in [0, 0.05) is 23.0 Å². The van der Waals surface area contributed by atoms with Crippen LogP contribution < -0.4 is 4.74 Å². The topological polar surface area (TPSA) is 45.3 Å². The molecule has 5 heteroatoms. The number of benzene rings is 2. The van der Waals surface area contributed by atoms with Crippen LogP contribution in [-0.4, -0.2) is 41.9 Å². The first-order valence-corrected chi connectivity index (χ1v) is 8.88. The SMILES string of the molecule is Cl.O=C(c1ccccc1)c1[nH]c2ccccc2c1OCCN1CCCC1. The van der Waals surface area contributed by atoms with Crippen LogP contribution in [0, 0.1) is 0 Å². The smallest absolute Gasteiger partial charge is 0.213 e. The van der Waals surface area contributed by atoms with Crippen molar-refractivity contribution in [3.8, 4) is 5.75 Å². The molecule has 0 radical (unpaired) electrons. The van der Waals surface area contributed by atoms with Crippen molar-refractivity contribution in [1.82, 2.24) is 9.88 Å². The molecular weight excluding hydrogens is 348 g/mol. The fourth-order valence-corrected chi connectivity index (χ4v) is 3.44. The Morgan fingerprint density at radius 2 is 1.69 bits per heavy atom. The Balaban J connectivity index is 0.00000196. The van der Waals surface area contributed by atoms with Crippen LogP contribution in [0.4, 0.5) is 0 Å². The van der Waals surface area contributed by atoms with Gasteiger partial charge >= 0.3 is 0 Å². The van der Waals surface area contributed by atoms with Crippen molar-refractivity contribution in [2.45, 2.75) is 12.8 Å². The number of halogens is 1. The lowest BCUT2D eigenvalue weighted by molar-refractivity contribution is 0.103. The minimum atomic E-state index is -0.0343. The number of rotatable bonds is 6. The summed E-state index contributed by atoms with van der Waals surface area (Å²) < 4.78 is 6.10. The van der Waals surface area contributed by atoms with Crippen LogP contribution in [0.15, 0.2) is 54.6 Å². The van der Waals surface area contributed by atoms with Gasteiger partial charge in [-0.15, -0.1) is 12.4 Å². The molecule has 0 atom stereocenters. The summed E-state index contributed by atoms with van der Waals surface area (Å²) in [5.41, 5.74) is 2.13. The van der Waals surface area contributed by atoms with E-state index in [4.69, 9.17) is 4.74 Å². The molecular formula is C21H23ClN2O2. The number of carbonyl (C=O) groups excluding carboxylic acids is 1. The van der Waals surface area contributed by atoms with Gasteiger partial charge in [-0.3, -0.25) is 9.69 Å². The average Bonchev–Trinajstić information content (AvgIpc) is 3.30. The summed E-state index contributed by atoms with van der Waals surface area (Å²) in [7, 11) is 0. The zero-order chi connectivity index (χ0) is 17.1. The molecule has 1 aliphatic heterocycles. The molecule has 0 spiro atoms. The molecule has 136 valence electrons. The Labute approximate surface area is 159 Å². The highest BCUT2D eigenvalue weighted by atomic mass is 35.5. The number of fused-ring (bicyclic) bond motifs is 1. The minimum Gasteiger partial charge on any atom is -0.489 e. The second-order valence-corrected chi connectivity index (χ2v) is 6.47. The van der Waals surface area contributed by atoms with Gasteiger partial charge in [-0.1, -0.05) is 42.5 Å². The first-order chi connectivity index (χ1) is 12.3. The molecule has 1 N–H and O–H groups in total. The first kappa shape index (κ1) is 18.5. The second-order valence-electron chi connectivity index (χ2n) is 6.47. The van der Waals surface area contributed by atoms with E-state index in [9.17, 15) is 4.79 Å². The number of nitrogens with zero attached hydrogens (tertiary/aromatic N) is 1. The molecule has 2 heterocycles. The Morgan fingerprint density at radius 3 is 2.46 bits per heavy atom. The summed E-state index contributed by atoms with van der Waals surface area (Å²) in [6.07, 6.45) is 2.54. The van der Waals surface area contributed by atoms with Crippen LogP contribution in [-0.2, 0) is 0 Å². The van der Waals surface area contributed by atoms with E-state index in [0.717, 1.165) is 30.5 Å². The lowest BCUT2D eigenvalue weighted by Crippen LogP contribution is -2.25. The van der Waals surface area contributed by atoms with Gasteiger partial charge in [0.15, 0.2) is 5.75 Å². The minimum absolute atomic E-state index is 0. The quantitative estimate of drug-likeness (QED) is 0.658. The van der Waals surface area contributed by atoms with Gasteiger partial charge in [0.1, 0.15) is 12.3 Å². The predicted octanol–water partition coefficient (Wildman–Crippen LogP) is 4.30. The van der Waals surface area contributed by atoms with E-state index < -0.39 is 0 Å². The molecule has 0 saturated carbocycles. The molecule has 2 aromatic carbocycles. The number of hydrogen-bond donors (Lipinski definition) is 1. The fourth-order valence-electron chi connectivity index (χ4n) is 3.44. The van der Waals surface area contributed by atoms with Gasteiger partial charge in [0.2, 0.25) is 5.78 Å². The number of carbonyl (C=O) groups is 1. The number of para-hydroxylation sites is 1. The molecule has 3 aromatic rings. The molecule has 1 aliphatic rings. The third-order valence-corrected chi connectivity index (χ3v) is 4.77. The van der Waals surface area contributed by atoms with Crippen molar-refractivity contribution in [3.05, 3.63) is 65.9 Å². The zero-order valence-electron chi connectivity index (χ0n) is 14.6. The maximum atomic E-state index is 12.9. The maximum Gasteiger partial charge on any atom is 0.213 e. The summed E-state index contributed by atoms with van der Waals surface area (Å²) in [5.74, 6) is 0.636. The van der Waals surface area contributed by atoms with Crippen molar-refractivity contribution in [1.29, 1.82) is 0 Å². The van der Waals surface area contributed by atoms with Crippen molar-refractivity contribution in [2.24, 2.45) is 0 Å². The van der Waals surface area contributed by atoms with Crippen molar-refractivity contribution in [3.63, 3.8) is 0 Å². The van der Waals surface area contributed by atoms with Gasteiger partial charge < -0.3 is 9.72 Å². The van der Waals surface area contributed by atoms with E-state index in [-0.39, 0.29) is 18.2 Å². The summed E-state index contributed by atoms with van der Waals surface area (Å²) in [4.78, 5) is 18.6. The van der Waals surface area contributed by atoms with Gasteiger partial charge in [0.25, 0.3) is 0 Å². The molecule has 1 fully saturated rings. The van der Waals surface area contributed by atoms with E-state index in [1.54, 1.807) is 0 Å². The van der Waals surface area contributed by atoms with Crippen LogP contribution in [0.2, 0.25) is 0 Å². The number of H-pyrrole nitrogens is 1. The lowest BCUT2D eigenvalue weighted by atomic mass is 10.1. The highest BCUT2D eigenvalue weighted by Crippen LogP contribution is 2.31. The van der Waals surface area contributed by atoms with Crippen LogP contribution in [0.3, 0.4) is 0 Å². The fraction of sp³-hybridized carbons (Fsp3) is 0.286. The Morgan fingerprint density at radius 1 is 1.00 bits per heavy atom. The molecule has 1 aromatic heterocycles. The van der Waals surface area contributed by atoms with Gasteiger partial charge in [0.05, 0.1) is 0 Å². The Kier molecular flexibility index (Phi) is 5.96. The summed E-state index contributed by atoms with van der Waals surface area (Å²) in [6.45, 7) is 3.79. The summed E-state index contributed by atoms with van der Waals surface area (Å²) >= 11 is 0. The number of aromatic nitrogens is 1. The van der Waals surface area contributed by atoms with Crippen molar-refractivity contribution >= 4 is 29.1 Å². The molecule has 0 amide bonds. The Hall–Kier alpha value is -2.30. The van der Waals surface area contributed by atoms with Gasteiger partial charge in [-0.25, -0.2) is 0 Å². The predicted molar refractivity (Wildman–Crippen MR) is 107 cm³/mol. The highest BCUT2D eigenvalue weighted by molar-refractivity contribution is 6.13. The van der Waals surface area contributed by atoms with E-state index in [1.165, 1.54) is 12.8 Å². The summed E-state index contributed by atoms with van der Waals surface area (Å²) in [5, 5.41) is 0.961. The Bertz CT molecular complexity index is 870. The van der Waals surface area contributed by atoms with Crippen LogP contribution in [0.5, 0.6) is 5.75 Å². The van der Waals surface area contributed by atoms with E-state index in [2.05, 4.69) is 9.88 Å². The maximum absolute atomic E-state index is 12.9. The largest absolute Gasteiger partial charge is 0.489 e. The third-order valence-electron chi connectivity index (χ3n) is 4.77. The number of hydrogen-bond acceptors (Lipinski definition) is 3. The number of ketones is 1. The molecule has 4 nitrogen and oxygen atoms in total. The molecule has 26 heavy (non-hydrogen) atoms. The number of nitrogens with one attached hydrogen (secondary N) is 1. The van der Waals surface area contributed by atoms with Crippen LogP contribution in [0.25, 0.3) is 10.9 Å². The van der Waals surface area contributed by atoms with E-state index >= 15 is 0 Å². The zero-order valence-corrected chi connectivity index (χ0v) is 15.4. The first-order valence-electron chi connectivity index (χ1n) is 8.88. The van der Waals surface area contributed by atoms with Crippen LogP contribution >= 0.6 is 12.4 Å². The van der Waals surface area contributed by atoms with Crippen LogP contribution in [0.1, 0.15) is 28.9 Å². The molecule has 0 bridgehead atoms. The third kappa shape index (κ3) is 3.76. The lowest BCUT2D eigenvalue weighted by Gasteiger charge is -2.15. The van der Waals surface area contributed by atoms with Crippen molar-refractivity contribution in [2.75, 3.05) is 26.2 Å². The monoisotopic (exact) mass is 370 g/mol. The van der Waals surface area contributed by atoms with E-state index in [0.29, 0.717) is 23.6 Å². The van der Waals surface area contributed by atoms with Gasteiger partial charge in [-0.05, 0) is 38.1 Å². The molecule has 0 aliphatic carbocycles. The normalized spacial score (nSPS) is 14.3. The number of likely N-dealkylation sites (tertiary alicyclic amines) is 1. The second kappa shape index (κ2) is 8.39. The molecule has 0 unspecified atom stereocenters. The number of aromatic amines is 1. The number of ether oxygens (including phenoxy) is 1. The standard InChI is InChI=1S/C21H22N2O2.ClH/c24-20(16-8-2-1-3-9-16)19-21(17-10-4-5-11-18(17)22-19)25-15-14-23-12-6-7-13-23;/h1-5,8-11,22H,6-7,12-15H2;1H. The van der Waals surface area contributed by atoms with Crippen molar-refractivity contribution < 1.29 is 9.53 Å². The average molecular weight is 371 g/mol.